The van der Waals surface area contributed by atoms with E-state index in [1.165, 1.54) is 25.0 Å². The molecule has 0 N–H and O–H groups in total. The van der Waals surface area contributed by atoms with Crippen molar-refractivity contribution in [3.63, 3.8) is 0 Å². The van der Waals surface area contributed by atoms with E-state index in [4.69, 9.17) is 11.6 Å². The second kappa shape index (κ2) is 4.78. The molecular weight excluding hydrogens is 263 g/mol. The number of hydrogen-bond acceptors (Lipinski definition) is 1. The SMILES string of the molecule is CC1(n2c(CCCl)nc3cc(F)ccc32)CCCC1. The number of nitrogens with zero attached hydrogens (tertiary/aromatic N) is 2. The van der Waals surface area contributed by atoms with E-state index in [0.29, 0.717) is 5.88 Å². The van der Waals surface area contributed by atoms with Gasteiger partial charge in [-0.15, -0.1) is 11.6 Å². The van der Waals surface area contributed by atoms with Crippen molar-refractivity contribution in [3.05, 3.63) is 29.8 Å². The molecule has 0 unspecified atom stereocenters. The number of fused-ring (bicyclic) bond motifs is 1. The zero-order chi connectivity index (χ0) is 13.5. The number of aromatic nitrogens is 2. The van der Waals surface area contributed by atoms with Crippen molar-refractivity contribution in [2.45, 2.75) is 44.6 Å². The Hall–Kier alpha value is -1.09. The Balaban J connectivity index is 2.21. The van der Waals surface area contributed by atoms with Gasteiger partial charge in [-0.05, 0) is 31.9 Å². The summed E-state index contributed by atoms with van der Waals surface area (Å²) in [6.45, 7) is 2.28. The van der Waals surface area contributed by atoms with Gasteiger partial charge >= 0.3 is 0 Å². The highest BCUT2D eigenvalue weighted by atomic mass is 35.5. The monoisotopic (exact) mass is 280 g/mol. The summed E-state index contributed by atoms with van der Waals surface area (Å²) in [6, 6.07) is 4.88. The third kappa shape index (κ3) is 2.14. The second-order valence-electron chi connectivity index (χ2n) is 5.64. The zero-order valence-corrected chi connectivity index (χ0v) is 11.9. The molecule has 1 aliphatic carbocycles. The highest BCUT2D eigenvalue weighted by Gasteiger charge is 2.33. The van der Waals surface area contributed by atoms with E-state index in [-0.39, 0.29) is 11.4 Å². The Morgan fingerprint density at radius 1 is 1.37 bits per heavy atom. The molecule has 4 heteroatoms. The van der Waals surface area contributed by atoms with Crippen molar-refractivity contribution >= 4 is 22.6 Å². The van der Waals surface area contributed by atoms with Crippen molar-refractivity contribution < 1.29 is 4.39 Å². The Labute approximate surface area is 117 Å². The number of aryl methyl sites for hydroxylation is 1. The lowest BCUT2D eigenvalue weighted by atomic mass is 9.99. The molecular formula is C15H18ClFN2. The first kappa shape index (κ1) is 12.9. The molecule has 102 valence electrons. The average molecular weight is 281 g/mol. The van der Waals surface area contributed by atoms with Gasteiger partial charge in [0.2, 0.25) is 0 Å². The summed E-state index contributed by atoms with van der Waals surface area (Å²) < 4.78 is 15.7. The topological polar surface area (TPSA) is 17.8 Å². The van der Waals surface area contributed by atoms with Crippen LogP contribution in [0.1, 0.15) is 38.4 Å². The molecule has 1 aromatic heterocycles. The van der Waals surface area contributed by atoms with Gasteiger partial charge in [-0.25, -0.2) is 9.37 Å². The lowest BCUT2D eigenvalue weighted by Gasteiger charge is -2.28. The maximum absolute atomic E-state index is 13.4. The Bertz CT molecular complexity index is 599. The van der Waals surface area contributed by atoms with Crippen LogP contribution >= 0.6 is 11.6 Å². The molecule has 2 nitrogen and oxygen atoms in total. The Kier molecular flexibility index (Phi) is 3.25. The maximum atomic E-state index is 13.4. The largest absolute Gasteiger partial charge is 0.322 e. The number of alkyl halides is 1. The quantitative estimate of drug-likeness (QED) is 0.769. The van der Waals surface area contributed by atoms with Crippen LogP contribution in [0.4, 0.5) is 4.39 Å². The van der Waals surface area contributed by atoms with Crippen LogP contribution in [-0.4, -0.2) is 15.4 Å². The molecule has 0 saturated heterocycles. The van der Waals surface area contributed by atoms with Crippen LogP contribution < -0.4 is 0 Å². The first-order chi connectivity index (χ1) is 9.14. The molecule has 2 aromatic rings. The predicted molar refractivity (Wildman–Crippen MR) is 76.2 cm³/mol. The van der Waals surface area contributed by atoms with E-state index >= 15 is 0 Å². The minimum atomic E-state index is -0.230. The van der Waals surface area contributed by atoms with Crippen molar-refractivity contribution in [1.29, 1.82) is 0 Å². The fourth-order valence-electron chi connectivity index (χ4n) is 3.32. The summed E-state index contributed by atoms with van der Waals surface area (Å²) in [5.74, 6) is 1.30. The first-order valence-corrected chi connectivity index (χ1v) is 7.41. The molecule has 1 aromatic carbocycles. The third-order valence-electron chi connectivity index (χ3n) is 4.22. The lowest BCUT2D eigenvalue weighted by Crippen LogP contribution is -2.28. The summed E-state index contributed by atoms with van der Waals surface area (Å²) in [7, 11) is 0. The Morgan fingerprint density at radius 3 is 2.79 bits per heavy atom. The minimum absolute atomic E-state index is 0.105. The molecule has 1 fully saturated rings. The van der Waals surface area contributed by atoms with Crippen molar-refractivity contribution in [1.82, 2.24) is 9.55 Å². The number of rotatable bonds is 3. The molecule has 1 saturated carbocycles. The van der Waals surface area contributed by atoms with Gasteiger partial charge in [0.1, 0.15) is 11.6 Å². The normalized spacial score (nSPS) is 18.3. The van der Waals surface area contributed by atoms with E-state index in [9.17, 15) is 4.39 Å². The maximum Gasteiger partial charge on any atom is 0.125 e. The lowest BCUT2D eigenvalue weighted by molar-refractivity contribution is 0.329. The highest BCUT2D eigenvalue weighted by Crippen LogP contribution is 2.39. The molecule has 3 rings (SSSR count). The predicted octanol–water partition coefficient (Wildman–Crippen LogP) is 4.25. The van der Waals surface area contributed by atoms with Crippen LogP contribution in [0.5, 0.6) is 0 Å². The summed E-state index contributed by atoms with van der Waals surface area (Å²) in [4.78, 5) is 4.59. The molecule has 0 atom stereocenters. The van der Waals surface area contributed by atoms with Gasteiger partial charge < -0.3 is 4.57 Å². The van der Waals surface area contributed by atoms with E-state index in [2.05, 4.69) is 16.5 Å². The fourth-order valence-corrected chi connectivity index (χ4v) is 3.49. The van der Waals surface area contributed by atoms with Crippen LogP contribution in [0.15, 0.2) is 18.2 Å². The molecule has 0 aliphatic heterocycles. The minimum Gasteiger partial charge on any atom is -0.322 e. The summed E-state index contributed by atoms with van der Waals surface area (Å²) in [5.41, 5.74) is 1.88. The Morgan fingerprint density at radius 2 is 2.11 bits per heavy atom. The molecule has 0 amide bonds. The van der Waals surface area contributed by atoms with Crippen LogP contribution in [0.25, 0.3) is 11.0 Å². The van der Waals surface area contributed by atoms with Crippen LogP contribution in [-0.2, 0) is 12.0 Å². The molecule has 1 heterocycles. The number of hydrogen-bond donors (Lipinski definition) is 0. The van der Waals surface area contributed by atoms with E-state index < -0.39 is 0 Å². The van der Waals surface area contributed by atoms with Gasteiger partial charge in [0.05, 0.1) is 11.0 Å². The van der Waals surface area contributed by atoms with E-state index in [1.54, 1.807) is 0 Å². The average Bonchev–Trinajstić information content (AvgIpc) is 2.93. The number of benzene rings is 1. The molecule has 1 aliphatic rings. The van der Waals surface area contributed by atoms with Crippen LogP contribution in [0.3, 0.4) is 0 Å². The fraction of sp³-hybridized carbons (Fsp3) is 0.533. The summed E-state index contributed by atoms with van der Waals surface area (Å²) >= 11 is 5.89. The number of imidazole rings is 1. The smallest absolute Gasteiger partial charge is 0.125 e. The summed E-state index contributed by atoms with van der Waals surface area (Å²) in [5, 5.41) is 0. The molecule has 0 bridgehead atoms. The van der Waals surface area contributed by atoms with E-state index in [1.807, 2.05) is 6.07 Å². The van der Waals surface area contributed by atoms with Gasteiger partial charge in [-0.3, -0.25) is 0 Å². The van der Waals surface area contributed by atoms with Gasteiger partial charge in [0.15, 0.2) is 0 Å². The molecule has 0 radical (unpaired) electrons. The van der Waals surface area contributed by atoms with Crippen LogP contribution in [0, 0.1) is 5.82 Å². The zero-order valence-electron chi connectivity index (χ0n) is 11.1. The van der Waals surface area contributed by atoms with E-state index in [0.717, 1.165) is 36.1 Å². The first-order valence-electron chi connectivity index (χ1n) is 6.87. The molecule has 0 spiro atoms. The molecule has 19 heavy (non-hydrogen) atoms. The number of halogens is 2. The van der Waals surface area contributed by atoms with Crippen LogP contribution in [0.2, 0.25) is 0 Å². The van der Waals surface area contributed by atoms with Crippen molar-refractivity contribution in [2.24, 2.45) is 0 Å². The van der Waals surface area contributed by atoms with Crippen molar-refractivity contribution in [3.8, 4) is 0 Å². The second-order valence-corrected chi connectivity index (χ2v) is 6.02. The van der Waals surface area contributed by atoms with Crippen molar-refractivity contribution in [2.75, 3.05) is 5.88 Å². The van der Waals surface area contributed by atoms with Gasteiger partial charge in [-0.2, -0.15) is 0 Å². The standard InChI is InChI=1S/C15H18ClFN2/c1-15(7-2-3-8-15)19-13-5-4-11(17)10-12(13)18-14(19)6-9-16/h4-5,10H,2-3,6-9H2,1H3. The van der Waals surface area contributed by atoms with Gasteiger partial charge in [-0.1, -0.05) is 12.8 Å². The van der Waals surface area contributed by atoms with Gasteiger partial charge in [0, 0.05) is 23.9 Å². The third-order valence-corrected chi connectivity index (χ3v) is 4.41. The summed E-state index contributed by atoms with van der Waals surface area (Å²) in [6.07, 6.45) is 5.54. The highest BCUT2D eigenvalue weighted by molar-refractivity contribution is 6.17. The van der Waals surface area contributed by atoms with Gasteiger partial charge in [0.25, 0.3) is 0 Å².